The van der Waals surface area contributed by atoms with E-state index in [1.54, 1.807) is 0 Å². The van der Waals surface area contributed by atoms with Crippen LogP contribution in [-0.2, 0) is 0 Å². The molecule has 0 amide bonds. The Morgan fingerprint density at radius 3 is 1.50 bits per heavy atom. The summed E-state index contributed by atoms with van der Waals surface area (Å²) in [7, 11) is 0. The molecule has 0 N–H and O–H groups in total. The molecule has 0 aliphatic rings. The Bertz CT molecular complexity index is 36.8. The molecule has 0 spiro atoms. The van der Waals surface area contributed by atoms with Crippen molar-refractivity contribution in [3.63, 3.8) is 0 Å². The van der Waals surface area contributed by atoms with Gasteiger partial charge in [-0.05, 0) is 0 Å². The van der Waals surface area contributed by atoms with Crippen molar-refractivity contribution in [3.8, 4) is 0 Å². The normalized spacial score (nSPS) is 4.00. The number of hydrogen-bond donors (Lipinski definition) is 0. The molecule has 0 aliphatic carbocycles. The second-order valence-corrected chi connectivity index (χ2v) is 7.50. The van der Waals surface area contributed by atoms with Gasteiger partial charge in [-0.15, -0.1) is 12.4 Å². The van der Waals surface area contributed by atoms with E-state index in [4.69, 9.17) is 0 Å². The van der Waals surface area contributed by atoms with Crippen molar-refractivity contribution < 1.29 is 40.6 Å². The van der Waals surface area contributed by atoms with Crippen LogP contribution >= 0.6 is 12.4 Å². The van der Waals surface area contributed by atoms with Gasteiger partial charge in [0.25, 0.3) is 0 Å². The summed E-state index contributed by atoms with van der Waals surface area (Å²) in [5.41, 5.74) is 0. The van der Waals surface area contributed by atoms with Crippen molar-refractivity contribution in [2.75, 3.05) is 0 Å². The molecule has 0 aliphatic heterocycles. The fourth-order valence-electron chi connectivity index (χ4n) is 0.118. The Morgan fingerprint density at radius 2 is 1.50 bits per heavy atom. The Morgan fingerprint density at radius 1 is 1.17 bits per heavy atom. The van der Waals surface area contributed by atoms with Crippen LogP contribution < -0.4 is 0 Å². The molecule has 0 radical (unpaired) electrons. The van der Waals surface area contributed by atoms with Crippen LogP contribution in [0, 0.1) is 40.6 Å². The molecule has 0 fully saturated rings. The molecule has 0 bridgehead atoms. The molecule has 0 saturated heterocycles. The van der Waals surface area contributed by atoms with E-state index in [0.717, 1.165) is 0 Å². The van der Waals surface area contributed by atoms with Gasteiger partial charge in [0.15, 0.2) is 0 Å². The van der Waals surface area contributed by atoms with E-state index in [-0.39, 0.29) is 12.4 Å². The third kappa shape index (κ3) is 8.97. The Hall–Kier alpha value is 1.24. The average molecular weight is 317 g/mol. The summed E-state index contributed by atoms with van der Waals surface area (Å²) in [5.74, 6) is 0. The van der Waals surface area contributed by atoms with Gasteiger partial charge in [0.05, 0.1) is 0 Å². The van der Waals surface area contributed by atoms with Gasteiger partial charge < -0.3 is 0 Å². The summed E-state index contributed by atoms with van der Waals surface area (Å²) >= 11 is -0.665. The number of rotatable bonds is 2. The number of halogens is 1. The zero-order chi connectivity index (χ0) is 4.12. The molecule has 6 heavy (non-hydrogen) atoms. The minimum Gasteiger partial charge on any atom is -0.147 e. The standard InChI is InChI=1S/2C2H3.ClH.Ra/c2*1-2;;/h2*1H,2H2;1H;. The monoisotopic (exact) mass is 316 g/mol. The molecule has 0 rings (SSSR count). The van der Waals surface area contributed by atoms with Gasteiger partial charge in [0.1, 0.15) is 0 Å². The summed E-state index contributed by atoms with van der Waals surface area (Å²) in [6, 6.07) is 0. The van der Waals surface area contributed by atoms with Crippen LogP contribution in [-0.4, -0.2) is 0 Å². The first-order valence-electron chi connectivity index (χ1n) is 1.63. The van der Waals surface area contributed by atoms with Crippen LogP contribution in [0.5, 0.6) is 0 Å². The second kappa shape index (κ2) is 9.53. The molecule has 0 unspecified atom stereocenters. The minimum absolute atomic E-state index is 0. The van der Waals surface area contributed by atoms with Crippen molar-refractivity contribution in [1.82, 2.24) is 0 Å². The van der Waals surface area contributed by atoms with Crippen molar-refractivity contribution in [2.45, 2.75) is 0 Å². The van der Waals surface area contributed by atoms with Crippen molar-refractivity contribution in [3.05, 3.63) is 15.4 Å². The first-order valence-corrected chi connectivity index (χ1v) is 8.34. The van der Waals surface area contributed by atoms with Crippen LogP contribution in [0.1, 0.15) is 0 Å². The van der Waals surface area contributed by atoms with E-state index in [2.05, 4.69) is 13.2 Å². The number of hydrogen-bond acceptors (Lipinski definition) is 0. The molecule has 0 aromatic carbocycles. The van der Waals surface area contributed by atoms with Gasteiger partial charge >= 0.3 is 56.0 Å². The fraction of sp³-hybridized carbons (Fsp3) is 0. The van der Waals surface area contributed by atoms with Gasteiger partial charge in [-0.1, -0.05) is 0 Å². The molecule has 32 valence electrons. The first kappa shape index (κ1) is 10.3. The van der Waals surface area contributed by atoms with E-state index < -0.39 is 40.6 Å². The molecular formula is C4H7ClRa. The topological polar surface area (TPSA) is 0 Å². The predicted molar refractivity (Wildman–Crippen MR) is 27.6 cm³/mol. The van der Waals surface area contributed by atoms with E-state index in [1.165, 1.54) is 0 Å². The summed E-state index contributed by atoms with van der Waals surface area (Å²) in [4.78, 5) is 0. The largest absolute Gasteiger partial charge is 0.147 e. The molecule has 0 atom stereocenters. The van der Waals surface area contributed by atoms with Gasteiger partial charge in [-0.25, -0.2) is 0 Å². The summed E-state index contributed by atoms with van der Waals surface area (Å²) < 4.78 is 4.08. The van der Waals surface area contributed by atoms with Crippen molar-refractivity contribution in [2.24, 2.45) is 0 Å². The van der Waals surface area contributed by atoms with E-state index in [1.807, 2.05) is 2.23 Å². The van der Waals surface area contributed by atoms with Crippen molar-refractivity contribution >= 4 is 12.4 Å². The Kier molecular flexibility index (Phi) is 16.3. The van der Waals surface area contributed by atoms with Gasteiger partial charge in [-0.3, -0.25) is 0 Å². The summed E-state index contributed by atoms with van der Waals surface area (Å²) in [6.45, 7) is 7.16. The molecule has 0 aromatic rings. The van der Waals surface area contributed by atoms with Crippen LogP contribution in [0.4, 0.5) is 0 Å². The summed E-state index contributed by atoms with van der Waals surface area (Å²) in [5, 5.41) is 0. The Balaban J connectivity index is 0. The predicted octanol–water partition coefficient (Wildman–Crippen LogP) is 1.78. The maximum absolute atomic E-state index is 3.58. The molecule has 0 saturated carbocycles. The van der Waals surface area contributed by atoms with Crippen LogP contribution in [0.15, 0.2) is 15.4 Å². The third-order valence-corrected chi connectivity index (χ3v) is 3.07. The molecule has 0 aromatic heterocycles. The maximum Gasteiger partial charge on any atom is -0.147 e. The average Bonchev–Trinajstić information content (AvgIpc) is 1.41. The molecule has 0 heterocycles. The SMILES string of the molecule is C=[CH][Ra][CH]=C.Cl. The van der Waals surface area contributed by atoms with Crippen LogP contribution in [0.3, 0.4) is 0 Å². The summed E-state index contributed by atoms with van der Waals surface area (Å²) in [6.07, 6.45) is 0. The quantitative estimate of drug-likeness (QED) is 0.728. The molecule has 2 heteroatoms. The zero-order valence-electron chi connectivity index (χ0n) is 3.68. The fourth-order valence-corrected chi connectivity index (χ4v) is 1.09. The van der Waals surface area contributed by atoms with Gasteiger partial charge in [-0.2, -0.15) is 0 Å². The van der Waals surface area contributed by atoms with Crippen molar-refractivity contribution in [1.29, 1.82) is 0 Å². The minimum atomic E-state index is -0.665. The van der Waals surface area contributed by atoms with E-state index in [9.17, 15) is 0 Å². The van der Waals surface area contributed by atoms with E-state index >= 15 is 0 Å². The third-order valence-electron chi connectivity index (χ3n) is 0.333. The molecular weight excluding hydrogens is 309 g/mol. The Labute approximate surface area is 67.2 Å². The second-order valence-electron chi connectivity index (χ2n) is 0.813. The van der Waals surface area contributed by atoms with E-state index in [0.29, 0.717) is 0 Å². The zero-order valence-corrected chi connectivity index (χ0v) is 10.3. The molecule has 0 nitrogen and oxygen atoms in total. The van der Waals surface area contributed by atoms with Crippen LogP contribution in [0.25, 0.3) is 0 Å². The van der Waals surface area contributed by atoms with Crippen LogP contribution in [0.2, 0.25) is 0 Å². The first-order chi connectivity index (χ1) is 2.41. The van der Waals surface area contributed by atoms with Gasteiger partial charge in [0.2, 0.25) is 0 Å². The maximum atomic E-state index is 3.58. The smallest absolute Gasteiger partial charge is 0.147 e. The van der Waals surface area contributed by atoms with Gasteiger partial charge in [0, 0.05) is 0 Å².